The van der Waals surface area contributed by atoms with Crippen molar-refractivity contribution in [1.82, 2.24) is 20.5 Å². The van der Waals surface area contributed by atoms with Crippen LogP contribution in [0.15, 0.2) is 24.3 Å². The highest BCUT2D eigenvalue weighted by Gasteiger charge is 2.11. The van der Waals surface area contributed by atoms with Crippen LogP contribution in [0.3, 0.4) is 0 Å². The zero-order valence-corrected chi connectivity index (χ0v) is 11.3. The van der Waals surface area contributed by atoms with Crippen LogP contribution in [-0.2, 0) is 13.0 Å². The number of H-pyrrole nitrogens is 1. The van der Waals surface area contributed by atoms with Gasteiger partial charge in [-0.25, -0.2) is 4.98 Å². The number of carbonyl (C=O) groups is 1. The Hall–Kier alpha value is -2.51. The zero-order chi connectivity index (χ0) is 15.2. The molecule has 0 aliphatic carbocycles. The van der Waals surface area contributed by atoms with E-state index in [0.717, 1.165) is 5.56 Å². The highest BCUT2D eigenvalue weighted by molar-refractivity contribution is 5.90. The van der Waals surface area contributed by atoms with Crippen LogP contribution in [0, 0.1) is 0 Å². The lowest BCUT2D eigenvalue weighted by Crippen LogP contribution is -2.24. The predicted octanol–water partition coefficient (Wildman–Crippen LogP) is 1.90. The predicted molar refractivity (Wildman–Crippen MR) is 70.0 cm³/mol. The molecule has 2 N–H and O–H groups in total. The summed E-state index contributed by atoms with van der Waals surface area (Å²) in [6, 6.07) is 6.01. The summed E-state index contributed by atoms with van der Waals surface area (Å²) in [5, 5.41) is 9.09. The van der Waals surface area contributed by atoms with Gasteiger partial charge in [0, 0.05) is 13.0 Å². The van der Waals surface area contributed by atoms with E-state index in [1.165, 1.54) is 12.1 Å². The molecule has 0 saturated carbocycles. The number of nitrogens with one attached hydrogen (secondary N) is 2. The number of alkyl halides is 2. The van der Waals surface area contributed by atoms with Crippen LogP contribution in [0.4, 0.5) is 8.78 Å². The highest BCUT2D eigenvalue weighted by atomic mass is 19.3. The molecular formula is C13H14F2N4O2. The van der Waals surface area contributed by atoms with Gasteiger partial charge in [-0.05, 0) is 17.7 Å². The molecule has 21 heavy (non-hydrogen) atoms. The molecule has 1 heterocycles. The number of rotatable bonds is 6. The van der Waals surface area contributed by atoms with Crippen LogP contribution < -0.4 is 10.1 Å². The van der Waals surface area contributed by atoms with E-state index in [9.17, 15) is 13.6 Å². The smallest absolute Gasteiger partial charge is 0.387 e. The van der Waals surface area contributed by atoms with E-state index in [4.69, 9.17) is 0 Å². The largest absolute Gasteiger partial charge is 0.435 e. The van der Waals surface area contributed by atoms with Crippen LogP contribution >= 0.6 is 0 Å². The lowest BCUT2D eigenvalue weighted by Gasteiger charge is -2.06. The fourth-order valence-electron chi connectivity index (χ4n) is 1.61. The van der Waals surface area contributed by atoms with Gasteiger partial charge in [-0.15, -0.1) is 5.10 Å². The summed E-state index contributed by atoms with van der Waals surface area (Å²) in [6.07, 6.45) is 0.659. The molecule has 0 aliphatic rings. The Morgan fingerprint density at radius 1 is 1.38 bits per heavy atom. The van der Waals surface area contributed by atoms with Crippen LogP contribution in [0.2, 0.25) is 0 Å². The zero-order valence-electron chi connectivity index (χ0n) is 11.3. The molecule has 1 amide bonds. The van der Waals surface area contributed by atoms with Crippen molar-refractivity contribution in [3.05, 3.63) is 41.5 Å². The molecule has 1 aromatic carbocycles. The first-order valence-corrected chi connectivity index (χ1v) is 6.31. The van der Waals surface area contributed by atoms with Gasteiger partial charge in [0.15, 0.2) is 0 Å². The van der Waals surface area contributed by atoms with Crippen LogP contribution in [0.5, 0.6) is 5.75 Å². The number of halogens is 2. The van der Waals surface area contributed by atoms with Crippen LogP contribution in [0.25, 0.3) is 0 Å². The maximum absolute atomic E-state index is 12.0. The summed E-state index contributed by atoms with van der Waals surface area (Å²) in [5.41, 5.74) is 0.746. The molecule has 0 saturated heterocycles. The number of amides is 1. The SMILES string of the molecule is CCc1nc(C(=O)NCc2ccc(OC(F)F)cc2)n[nH]1. The minimum Gasteiger partial charge on any atom is -0.435 e. The van der Waals surface area contributed by atoms with E-state index in [2.05, 4.69) is 25.2 Å². The minimum absolute atomic E-state index is 0.0710. The third-order valence-electron chi connectivity index (χ3n) is 2.67. The number of aromatic amines is 1. The van der Waals surface area contributed by atoms with Crippen molar-refractivity contribution in [3.8, 4) is 5.75 Å². The first-order valence-electron chi connectivity index (χ1n) is 6.31. The van der Waals surface area contributed by atoms with E-state index < -0.39 is 12.5 Å². The summed E-state index contributed by atoms with van der Waals surface area (Å²) >= 11 is 0. The quantitative estimate of drug-likeness (QED) is 0.853. The summed E-state index contributed by atoms with van der Waals surface area (Å²) in [5.74, 6) is 0.374. The van der Waals surface area contributed by atoms with Gasteiger partial charge in [0.25, 0.3) is 5.91 Å². The Kier molecular flexibility index (Phi) is 4.81. The normalized spacial score (nSPS) is 10.7. The van der Waals surface area contributed by atoms with Crippen molar-refractivity contribution in [1.29, 1.82) is 0 Å². The topological polar surface area (TPSA) is 79.9 Å². The second kappa shape index (κ2) is 6.78. The van der Waals surface area contributed by atoms with Crippen molar-refractivity contribution < 1.29 is 18.3 Å². The van der Waals surface area contributed by atoms with Crippen molar-refractivity contribution >= 4 is 5.91 Å². The maximum Gasteiger partial charge on any atom is 0.387 e. The molecule has 0 spiro atoms. The van der Waals surface area contributed by atoms with E-state index >= 15 is 0 Å². The minimum atomic E-state index is -2.85. The van der Waals surface area contributed by atoms with Gasteiger partial charge in [-0.1, -0.05) is 19.1 Å². The summed E-state index contributed by atoms with van der Waals surface area (Å²) in [6.45, 7) is -0.719. The first kappa shape index (κ1) is 14.9. The fraction of sp³-hybridized carbons (Fsp3) is 0.308. The molecule has 0 atom stereocenters. The molecule has 0 unspecified atom stereocenters. The number of nitrogens with zero attached hydrogens (tertiary/aromatic N) is 2. The number of aryl methyl sites for hydroxylation is 1. The molecular weight excluding hydrogens is 282 g/mol. The summed E-state index contributed by atoms with van der Waals surface area (Å²) < 4.78 is 28.2. The lowest BCUT2D eigenvalue weighted by molar-refractivity contribution is -0.0498. The van der Waals surface area contributed by atoms with Gasteiger partial charge in [-0.3, -0.25) is 9.89 Å². The van der Waals surface area contributed by atoms with Crippen molar-refractivity contribution in [3.63, 3.8) is 0 Å². The number of ether oxygens (including phenoxy) is 1. The third kappa shape index (κ3) is 4.23. The Balaban J connectivity index is 1.88. The number of benzene rings is 1. The average Bonchev–Trinajstić information content (AvgIpc) is 2.94. The number of aromatic nitrogens is 3. The maximum atomic E-state index is 12.0. The number of hydrogen-bond acceptors (Lipinski definition) is 4. The van der Waals surface area contributed by atoms with Gasteiger partial charge < -0.3 is 10.1 Å². The van der Waals surface area contributed by atoms with E-state index in [0.29, 0.717) is 12.2 Å². The van der Waals surface area contributed by atoms with Gasteiger partial charge in [0.2, 0.25) is 5.82 Å². The third-order valence-corrected chi connectivity index (χ3v) is 2.67. The molecule has 0 radical (unpaired) electrons. The first-order chi connectivity index (χ1) is 10.1. The summed E-state index contributed by atoms with van der Waals surface area (Å²) in [7, 11) is 0. The van der Waals surface area contributed by atoms with Crippen molar-refractivity contribution in [2.45, 2.75) is 26.5 Å². The van der Waals surface area contributed by atoms with Gasteiger partial charge in [-0.2, -0.15) is 8.78 Å². The molecule has 0 bridgehead atoms. The van der Waals surface area contributed by atoms with E-state index in [-0.39, 0.29) is 18.1 Å². The van der Waals surface area contributed by atoms with Crippen molar-refractivity contribution in [2.24, 2.45) is 0 Å². The van der Waals surface area contributed by atoms with E-state index in [1.54, 1.807) is 12.1 Å². The van der Waals surface area contributed by atoms with E-state index in [1.807, 2.05) is 6.92 Å². The monoisotopic (exact) mass is 296 g/mol. The van der Waals surface area contributed by atoms with Gasteiger partial charge >= 0.3 is 6.61 Å². The molecule has 8 heteroatoms. The molecule has 6 nitrogen and oxygen atoms in total. The Morgan fingerprint density at radius 2 is 2.10 bits per heavy atom. The molecule has 0 aliphatic heterocycles. The molecule has 112 valence electrons. The fourth-order valence-corrected chi connectivity index (χ4v) is 1.61. The van der Waals surface area contributed by atoms with Crippen LogP contribution in [0.1, 0.15) is 28.9 Å². The average molecular weight is 296 g/mol. The Bertz CT molecular complexity index is 598. The Labute approximate surface area is 119 Å². The molecule has 2 rings (SSSR count). The number of carbonyl (C=O) groups excluding carboxylic acids is 1. The summed E-state index contributed by atoms with van der Waals surface area (Å²) in [4.78, 5) is 15.8. The molecule has 0 fully saturated rings. The Morgan fingerprint density at radius 3 is 2.67 bits per heavy atom. The van der Waals surface area contributed by atoms with Crippen LogP contribution in [-0.4, -0.2) is 27.7 Å². The van der Waals surface area contributed by atoms with Gasteiger partial charge in [0.05, 0.1) is 0 Å². The molecule has 1 aromatic heterocycles. The second-order valence-corrected chi connectivity index (χ2v) is 4.16. The molecule has 2 aromatic rings. The standard InChI is InChI=1S/C13H14F2N4O2/c1-2-10-17-11(19-18-10)12(20)16-7-8-3-5-9(6-4-8)21-13(14)15/h3-6,13H,2,7H2,1H3,(H,16,20)(H,17,18,19). The lowest BCUT2D eigenvalue weighted by atomic mass is 10.2. The highest BCUT2D eigenvalue weighted by Crippen LogP contribution is 2.14. The van der Waals surface area contributed by atoms with Gasteiger partial charge in [0.1, 0.15) is 11.6 Å². The second-order valence-electron chi connectivity index (χ2n) is 4.16. The van der Waals surface area contributed by atoms with Crippen molar-refractivity contribution in [2.75, 3.05) is 0 Å². The number of hydrogen-bond donors (Lipinski definition) is 2.